The molecule has 1 aromatic rings. The maximum Gasteiger partial charge on any atom is 0.236 e. The third kappa shape index (κ3) is 4.60. The highest BCUT2D eigenvalue weighted by Crippen LogP contribution is 2.26. The second kappa shape index (κ2) is 8.47. The minimum atomic E-state index is 0.00789. The van der Waals surface area contributed by atoms with Crippen LogP contribution in [0.15, 0.2) is 12.4 Å². The zero-order valence-corrected chi connectivity index (χ0v) is 15.1. The molecule has 2 saturated heterocycles. The van der Waals surface area contributed by atoms with E-state index < -0.39 is 0 Å². The van der Waals surface area contributed by atoms with Gasteiger partial charge < -0.3 is 14.8 Å². The topological polar surface area (TPSA) is 70.5 Å². The van der Waals surface area contributed by atoms with Crippen molar-refractivity contribution >= 4 is 11.8 Å². The molecule has 25 heavy (non-hydrogen) atoms. The van der Waals surface area contributed by atoms with Crippen LogP contribution in [0.1, 0.15) is 44.3 Å². The molecule has 2 fully saturated rings. The van der Waals surface area contributed by atoms with Crippen molar-refractivity contribution in [1.29, 1.82) is 0 Å². The quantitative estimate of drug-likeness (QED) is 0.827. The lowest BCUT2D eigenvalue weighted by Crippen LogP contribution is -2.52. The number of amides is 2. The summed E-state index contributed by atoms with van der Waals surface area (Å²) in [6.45, 7) is 6.78. The number of unbranched alkanes of at least 4 members (excludes halogenated alkanes) is 1. The summed E-state index contributed by atoms with van der Waals surface area (Å²) >= 11 is 0. The van der Waals surface area contributed by atoms with Crippen molar-refractivity contribution in [2.45, 2.75) is 45.1 Å². The second-order valence-corrected chi connectivity index (χ2v) is 7.07. The number of likely N-dealkylation sites (tertiary alicyclic amines) is 1. The highest BCUT2D eigenvalue weighted by Gasteiger charge is 2.29. The van der Waals surface area contributed by atoms with Gasteiger partial charge in [-0.3, -0.25) is 14.5 Å². The number of hydrogen-bond acceptors (Lipinski definition) is 4. The predicted octanol–water partition coefficient (Wildman–Crippen LogP) is 0.821. The number of rotatable bonds is 6. The fourth-order valence-electron chi connectivity index (χ4n) is 3.73. The Morgan fingerprint density at radius 3 is 3.08 bits per heavy atom. The van der Waals surface area contributed by atoms with E-state index in [1.54, 1.807) is 0 Å². The minimum absolute atomic E-state index is 0.00789. The molecule has 2 aliphatic rings. The summed E-state index contributed by atoms with van der Waals surface area (Å²) in [5.74, 6) is 1.57. The molecule has 1 aromatic heterocycles. The Hall–Kier alpha value is -1.89. The Bertz CT molecular complexity index is 600. The maximum atomic E-state index is 12.7. The van der Waals surface area contributed by atoms with E-state index in [0.29, 0.717) is 25.6 Å². The number of imidazole rings is 1. The van der Waals surface area contributed by atoms with Gasteiger partial charge in [0.1, 0.15) is 5.82 Å². The van der Waals surface area contributed by atoms with Crippen molar-refractivity contribution < 1.29 is 9.59 Å². The molecule has 7 heteroatoms. The van der Waals surface area contributed by atoms with Crippen LogP contribution in [0.3, 0.4) is 0 Å². The van der Waals surface area contributed by atoms with Crippen LogP contribution in [-0.4, -0.2) is 70.4 Å². The van der Waals surface area contributed by atoms with Gasteiger partial charge in [0.15, 0.2) is 0 Å². The van der Waals surface area contributed by atoms with Crippen molar-refractivity contribution in [3.8, 4) is 0 Å². The number of piperazine rings is 1. The van der Waals surface area contributed by atoms with E-state index >= 15 is 0 Å². The smallest absolute Gasteiger partial charge is 0.236 e. The van der Waals surface area contributed by atoms with Crippen LogP contribution >= 0.6 is 0 Å². The van der Waals surface area contributed by atoms with Gasteiger partial charge in [-0.2, -0.15) is 0 Å². The van der Waals surface area contributed by atoms with Gasteiger partial charge >= 0.3 is 0 Å². The van der Waals surface area contributed by atoms with Crippen LogP contribution in [0.2, 0.25) is 0 Å². The fraction of sp³-hybridized carbons (Fsp3) is 0.722. The number of nitrogens with one attached hydrogen (secondary N) is 1. The van der Waals surface area contributed by atoms with Crippen LogP contribution in [0.5, 0.6) is 0 Å². The predicted molar refractivity (Wildman–Crippen MR) is 95.1 cm³/mol. The van der Waals surface area contributed by atoms with Crippen molar-refractivity contribution in [2.75, 3.05) is 39.3 Å². The Balaban J connectivity index is 1.58. The van der Waals surface area contributed by atoms with E-state index in [1.807, 2.05) is 16.0 Å². The largest absolute Gasteiger partial charge is 0.354 e. The van der Waals surface area contributed by atoms with Crippen LogP contribution < -0.4 is 5.32 Å². The SMILES string of the molecule is CCCCn1ccnc1[C@H]1CCCN(C(=O)CN2CCNC(=O)C2)C1. The van der Waals surface area contributed by atoms with Gasteiger partial charge in [0.2, 0.25) is 11.8 Å². The summed E-state index contributed by atoms with van der Waals surface area (Å²) in [6, 6.07) is 0. The van der Waals surface area contributed by atoms with Gasteiger partial charge in [-0.15, -0.1) is 0 Å². The molecule has 2 amide bonds. The molecular formula is C18H29N5O2. The van der Waals surface area contributed by atoms with Gasteiger partial charge in [-0.1, -0.05) is 13.3 Å². The average molecular weight is 347 g/mol. The van der Waals surface area contributed by atoms with Crippen LogP contribution in [0.25, 0.3) is 0 Å². The Labute approximate surface area is 149 Å². The number of aryl methyl sites for hydroxylation is 1. The Morgan fingerprint density at radius 2 is 2.28 bits per heavy atom. The number of piperidine rings is 1. The molecule has 0 aromatic carbocycles. The minimum Gasteiger partial charge on any atom is -0.354 e. The summed E-state index contributed by atoms with van der Waals surface area (Å²) in [5.41, 5.74) is 0. The zero-order chi connectivity index (χ0) is 17.6. The van der Waals surface area contributed by atoms with E-state index in [0.717, 1.165) is 57.7 Å². The molecule has 0 spiro atoms. The van der Waals surface area contributed by atoms with Crippen LogP contribution in [0.4, 0.5) is 0 Å². The highest BCUT2D eigenvalue weighted by atomic mass is 16.2. The molecule has 0 aliphatic carbocycles. The van der Waals surface area contributed by atoms with Crippen LogP contribution in [-0.2, 0) is 16.1 Å². The molecule has 0 unspecified atom stereocenters. The van der Waals surface area contributed by atoms with E-state index in [1.165, 1.54) is 0 Å². The summed E-state index contributed by atoms with van der Waals surface area (Å²) in [6.07, 6.45) is 8.33. The van der Waals surface area contributed by atoms with Gasteiger partial charge in [0, 0.05) is 51.0 Å². The standard InChI is InChI=1S/C18H29N5O2/c1-2-3-8-22-11-7-20-18(22)15-5-4-9-23(12-15)17(25)14-21-10-6-19-16(24)13-21/h7,11,15H,2-6,8-10,12-14H2,1H3,(H,19,24)/t15-/m0/s1. The first-order valence-corrected chi connectivity index (χ1v) is 9.45. The van der Waals surface area contributed by atoms with Crippen molar-refractivity contribution in [1.82, 2.24) is 24.7 Å². The fourth-order valence-corrected chi connectivity index (χ4v) is 3.73. The molecule has 0 radical (unpaired) electrons. The lowest BCUT2D eigenvalue weighted by atomic mass is 9.97. The normalized spacial score (nSPS) is 22.0. The molecular weight excluding hydrogens is 318 g/mol. The molecule has 0 saturated carbocycles. The van der Waals surface area contributed by atoms with Gasteiger partial charge in [-0.05, 0) is 19.3 Å². The van der Waals surface area contributed by atoms with Gasteiger partial charge in [0.05, 0.1) is 13.1 Å². The number of aromatic nitrogens is 2. The van der Waals surface area contributed by atoms with E-state index in [2.05, 4.69) is 28.0 Å². The molecule has 3 heterocycles. The van der Waals surface area contributed by atoms with E-state index in [4.69, 9.17) is 0 Å². The first-order chi connectivity index (χ1) is 12.2. The number of nitrogens with zero attached hydrogens (tertiary/aromatic N) is 4. The third-order valence-corrected chi connectivity index (χ3v) is 5.12. The van der Waals surface area contributed by atoms with Crippen molar-refractivity contribution in [3.05, 3.63) is 18.2 Å². The first kappa shape index (κ1) is 17.9. The van der Waals surface area contributed by atoms with Crippen molar-refractivity contribution in [3.63, 3.8) is 0 Å². The molecule has 0 bridgehead atoms. The van der Waals surface area contributed by atoms with E-state index in [-0.39, 0.29) is 11.8 Å². The second-order valence-electron chi connectivity index (χ2n) is 7.07. The lowest BCUT2D eigenvalue weighted by molar-refractivity contribution is -0.135. The molecule has 2 aliphatic heterocycles. The molecule has 1 atom stereocenters. The molecule has 7 nitrogen and oxygen atoms in total. The average Bonchev–Trinajstić information content (AvgIpc) is 3.08. The van der Waals surface area contributed by atoms with Crippen LogP contribution in [0, 0.1) is 0 Å². The molecule has 3 rings (SSSR count). The number of carbonyl (C=O) groups excluding carboxylic acids is 2. The molecule has 1 N–H and O–H groups in total. The van der Waals surface area contributed by atoms with Gasteiger partial charge in [0.25, 0.3) is 0 Å². The zero-order valence-electron chi connectivity index (χ0n) is 15.1. The molecule has 138 valence electrons. The Morgan fingerprint density at radius 1 is 1.40 bits per heavy atom. The highest BCUT2D eigenvalue weighted by molar-refractivity contribution is 5.82. The lowest BCUT2D eigenvalue weighted by Gasteiger charge is -2.35. The first-order valence-electron chi connectivity index (χ1n) is 9.45. The Kier molecular flexibility index (Phi) is 6.07. The summed E-state index contributed by atoms with van der Waals surface area (Å²) in [5, 5.41) is 2.80. The number of hydrogen-bond donors (Lipinski definition) is 1. The monoisotopic (exact) mass is 347 g/mol. The third-order valence-electron chi connectivity index (χ3n) is 5.12. The maximum absolute atomic E-state index is 12.7. The summed E-state index contributed by atoms with van der Waals surface area (Å²) < 4.78 is 2.25. The van der Waals surface area contributed by atoms with Gasteiger partial charge in [-0.25, -0.2) is 4.98 Å². The van der Waals surface area contributed by atoms with Crippen molar-refractivity contribution in [2.24, 2.45) is 0 Å². The number of carbonyl (C=O) groups is 2. The summed E-state index contributed by atoms with van der Waals surface area (Å²) in [7, 11) is 0. The summed E-state index contributed by atoms with van der Waals surface area (Å²) in [4.78, 5) is 32.6. The van der Waals surface area contributed by atoms with E-state index in [9.17, 15) is 9.59 Å².